The highest BCUT2D eigenvalue weighted by Gasteiger charge is 2.28. The van der Waals surface area contributed by atoms with E-state index in [1.807, 2.05) is 12.1 Å². The van der Waals surface area contributed by atoms with Crippen molar-refractivity contribution in [2.45, 2.75) is 31.8 Å². The lowest BCUT2D eigenvalue weighted by Crippen LogP contribution is -2.46. The Morgan fingerprint density at radius 3 is 2.84 bits per heavy atom. The fourth-order valence-corrected chi connectivity index (χ4v) is 2.25. The summed E-state index contributed by atoms with van der Waals surface area (Å²) >= 11 is 0. The minimum absolute atomic E-state index is 0.142. The van der Waals surface area contributed by atoms with Crippen molar-refractivity contribution < 1.29 is 14.7 Å². The van der Waals surface area contributed by atoms with E-state index in [0.717, 1.165) is 18.4 Å². The van der Waals surface area contributed by atoms with Gasteiger partial charge in [-0.3, -0.25) is 9.78 Å². The van der Waals surface area contributed by atoms with E-state index in [0.29, 0.717) is 19.5 Å². The monoisotopic (exact) mass is 263 g/mol. The molecule has 6 heteroatoms. The lowest BCUT2D eigenvalue weighted by atomic mass is 10.1. The van der Waals surface area contributed by atoms with E-state index in [1.54, 1.807) is 17.3 Å². The summed E-state index contributed by atoms with van der Waals surface area (Å²) in [6.45, 7) is 1.16. The van der Waals surface area contributed by atoms with Crippen LogP contribution in [-0.4, -0.2) is 39.6 Å². The maximum atomic E-state index is 12.3. The van der Waals surface area contributed by atoms with Crippen molar-refractivity contribution in [3.05, 3.63) is 30.1 Å². The molecule has 0 bridgehead atoms. The maximum Gasteiger partial charge on any atom is 0.405 e. The molecule has 6 nitrogen and oxygen atoms in total. The molecule has 1 aliphatic rings. The SMILES string of the molecule is O=C(O)N[C@H]1CCCCN(Cc2ccncc2)C1=O. The van der Waals surface area contributed by atoms with Crippen LogP contribution in [0.5, 0.6) is 0 Å². The van der Waals surface area contributed by atoms with Crippen LogP contribution < -0.4 is 5.32 Å². The summed E-state index contributed by atoms with van der Waals surface area (Å²) in [5.41, 5.74) is 0.999. The normalized spacial score (nSPS) is 19.9. The Morgan fingerprint density at radius 1 is 1.42 bits per heavy atom. The van der Waals surface area contributed by atoms with Gasteiger partial charge in [0.05, 0.1) is 0 Å². The molecule has 1 aromatic heterocycles. The van der Waals surface area contributed by atoms with Gasteiger partial charge in [0.25, 0.3) is 0 Å². The number of carbonyl (C=O) groups excluding carboxylic acids is 1. The first kappa shape index (κ1) is 13.3. The maximum absolute atomic E-state index is 12.3. The predicted molar refractivity (Wildman–Crippen MR) is 68.5 cm³/mol. The molecule has 0 spiro atoms. The van der Waals surface area contributed by atoms with Crippen molar-refractivity contribution in [3.8, 4) is 0 Å². The van der Waals surface area contributed by atoms with Crippen molar-refractivity contribution in [1.82, 2.24) is 15.2 Å². The van der Waals surface area contributed by atoms with Crippen molar-refractivity contribution in [2.75, 3.05) is 6.54 Å². The Morgan fingerprint density at radius 2 is 2.16 bits per heavy atom. The zero-order valence-corrected chi connectivity index (χ0v) is 10.6. The average molecular weight is 263 g/mol. The van der Waals surface area contributed by atoms with Gasteiger partial charge in [-0.2, -0.15) is 0 Å². The number of hydrogen-bond acceptors (Lipinski definition) is 3. The largest absolute Gasteiger partial charge is 0.465 e. The van der Waals surface area contributed by atoms with Gasteiger partial charge in [-0.15, -0.1) is 0 Å². The third kappa shape index (κ3) is 3.67. The summed E-state index contributed by atoms with van der Waals surface area (Å²) in [5, 5.41) is 11.1. The predicted octanol–water partition coefficient (Wildman–Crippen LogP) is 1.23. The van der Waals surface area contributed by atoms with Crippen molar-refractivity contribution in [3.63, 3.8) is 0 Å². The molecule has 102 valence electrons. The number of nitrogens with zero attached hydrogens (tertiary/aromatic N) is 2. The molecule has 0 radical (unpaired) electrons. The van der Waals surface area contributed by atoms with E-state index in [-0.39, 0.29) is 5.91 Å². The minimum Gasteiger partial charge on any atom is -0.465 e. The van der Waals surface area contributed by atoms with Crippen LogP contribution in [0.3, 0.4) is 0 Å². The van der Waals surface area contributed by atoms with Crippen LogP contribution in [0, 0.1) is 0 Å². The van der Waals surface area contributed by atoms with Crippen LogP contribution >= 0.6 is 0 Å². The first-order chi connectivity index (χ1) is 9.16. The molecule has 19 heavy (non-hydrogen) atoms. The lowest BCUT2D eigenvalue weighted by molar-refractivity contribution is -0.133. The fraction of sp³-hybridized carbons (Fsp3) is 0.462. The van der Waals surface area contributed by atoms with Gasteiger partial charge in [0.1, 0.15) is 6.04 Å². The molecule has 1 atom stereocenters. The van der Waals surface area contributed by atoms with Crippen LogP contribution in [0.15, 0.2) is 24.5 Å². The summed E-state index contributed by atoms with van der Waals surface area (Å²) in [5.74, 6) is -0.142. The Bertz CT molecular complexity index is 450. The highest BCUT2D eigenvalue weighted by molar-refractivity contribution is 5.85. The van der Waals surface area contributed by atoms with Crippen LogP contribution in [0.2, 0.25) is 0 Å². The van der Waals surface area contributed by atoms with E-state index in [1.165, 1.54) is 0 Å². The quantitative estimate of drug-likeness (QED) is 0.859. The van der Waals surface area contributed by atoms with E-state index in [4.69, 9.17) is 5.11 Å². The summed E-state index contributed by atoms with van der Waals surface area (Å²) in [4.78, 5) is 28.6. The number of nitrogens with one attached hydrogen (secondary N) is 1. The minimum atomic E-state index is -1.15. The number of carbonyl (C=O) groups is 2. The summed E-state index contributed by atoms with van der Waals surface area (Å²) < 4.78 is 0. The lowest BCUT2D eigenvalue weighted by Gasteiger charge is -2.24. The Hall–Kier alpha value is -2.11. The van der Waals surface area contributed by atoms with Gasteiger partial charge in [-0.25, -0.2) is 4.79 Å². The molecule has 2 amide bonds. The molecule has 2 rings (SSSR count). The molecule has 1 aromatic rings. The van der Waals surface area contributed by atoms with Gasteiger partial charge in [0.15, 0.2) is 0 Å². The van der Waals surface area contributed by atoms with Gasteiger partial charge in [0, 0.05) is 25.5 Å². The summed E-state index contributed by atoms with van der Waals surface area (Å²) in [7, 11) is 0. The molecular weight excluding hydrogens is 246 g/mol. The van der Waals surface area contributed by atoms with Crippen LogP contribution in [0.25, 0.3) is 0 Å². The Labute approximate surface area is 111 Å². The summed E-state index contributed by atoms with van der Waals surface area (Å²) in [6, 6.07) is 3.09. The second-order valence-corrected chi connectivity index (χ2v) is 4.61. The summed E-state index contributed by atoms with van der Waals surface area (Å²) in [6.07, 6.45) is 4.54. The van der Waals surface area contributed by atoms with Crippen molar-refractivity contribution >= 4 is 12.0 Å². The molecule has 0 aliphatic carbocycles. The number of carboxylic acid groups (broad SMARTS) is 1. The Kier molecular flexibility index (Phi) is 4.33. The molecule has 0 unspecified atom stereocenters. The third-order valence-electron chi connectivity index (χ3n) is 3.20. The number of rotatable bonds is 3. The molecule has 0 aromatic carbocycles. The molecule has 1 saturated heterocycles. The van der Waals surface area contributed by atoms with E-state index in [9.17, 15) is 9.59 Å². The molecule has 2 N–H and O–H groups in total. The van der Waals surface area contributed by atoms with Gasteiger partial charge >= 0.3 is 6.09 Å². The topological polar surface area (TPSA) is 82.5 Å². The van der Waals surface area contributed by atoms with Gasteiger partial charge < -0.3 is 15.3 Å². The first-order valence-corrected chi connectivity index (χ1v) is 6.34. The highest BCUT2D eigenvalue weighted by Crippen LogP contribution is 2.15. The average Bonchev–Trinajstić information content (AvgIpc) is 2.55. The molecular formula is C13H17N3O3. The number of aromatic nitrogens is 1. The Balaban J connectivity index is 2.06. The number of pyridine rings is 1. The van der Waals surface area contributed by atoms with Crippen molar-refractivity contribution in [1.29, 1.82) is 0 Å². The fourth-order valence-electron chi connectivity index (χ4n) is 2.25. The van der Waals surface area contributed by atoms with E-state index in [2.05, 4.69) is 10.3 Å². The van der Waals surface area contributed by atoms with Crippen LogP contribution in [-0.2, 0) is 11.3 Å². The van der Waals surface area contributed by atoms with Gasteiger partial charge in [0.2, 0.25) is 5.91 Å². The zero-order chi connectivity index (χ0) is 13.7. The number of amides is 2. The van der Waals surface area contributed by atoms with Crippen molar-refractivity contribution in [2.24, 2.45) is 0 Å². The molecule has 2 heterocycles. The standard InChI is InChI=1S/C13H17N3O3/c17-12-11(15-13(18)19)3-1-2-8-16(12)9-10-4-6-14-7-5-10/h4-7,11,15H,1-3,8-9H2,(H,18,19)/t11-/m0/s1. The number of hydrogen-bond donors (Lipinski definition) is 2. The van der Waals surface area contributed by atoms with E-state index >= 15 is 0 Å². The molecule has 0 saturated carbocycles. The second kappa shape index (κ2) is 6.17. The first-order valence-electron chi connectivity index (χ1n) is 6.34. The second-order valence-electron chi connectivity index (χ2n) is 4.61. The van der Waals surface area contributed by atoms with E-state index < -0.39 is 12.1 Å². The van der Waals surface area contributed by atoms with Crippen LogP contribution in [0.1, 0.15) is 24.8 Å². The third-order valence-corrected chi connectivity index (χ3v) is 3.20. The van der Waals surface area contributed by atoms with Gasteiger partial charge in [-0.1, -0.05) is 0 Å². The molecule has 1 fully saturated rings. The molecule has 1 aliphatic heterocycles. The highest BCUT2D eigenvalue weighted by atomic mass is 16.4. The number of likely N-dealkylation sites (tertiary alicyclic amines) is 1. The zero-order valence-electron chi connectivity index (χ0n) is 10.6. The van der Waals surface area contributed by atoms with Gasteiger partial charge in [-0.05, 0) is 37.0 Å². The van der Waals surface area contributed by atoms with Crippen LogP contribution in [0.4, 0.5) is 4.79 Å². The smallest absolute Gasteiger partial charge is 0.405 e.